The lowest BCUT2D eigenvalue weighted by Crippen LogP contribution is -2.31. The van der Waals surface area contributed by atoms with Gasteiger partial charge in [0.25, 0.3) is 0 Å². The zero-order valence-corrected chi connectivity index (χ0v) is 12.0. The summed E-state index contributed by atoms with van der Waals surface area (Å²) in [5.74, 6) is 0.609. The Labute approximate surface area is 114 Å². The standard InChI is InChI=1S/C12H20N2O4S/c1-14(8-7-13)19(15,16)12-5-3-11(4-6-12)18-10-9-17-2/h3-6H,7-10,13H2,1-2H3. The molecular weight excluding hydrogens is 268 g/mol. The fourth-order valence-electron chi connectivity index (χ4n) is 1.43. The first-order valence-corrected chi connectivity index (χ1v) is 7.34. The Morgan fingerprint density at radius 2 is 1.84 bits per heavy atom. The maximum atomic E-state index is 12.1. The topological polar surface area (TPSA) is 81.9 Å². The molecule has 0 aromatic heterocycles. The van der Waals surface area contributed by atoms with Crippen LogP contribution in [0.3, 0.4) is 0 Å². The number of benzene rings is 1. The van der Waals surface area contributed by atoms with Crippen LogP contribution in [0.5, 0.6) is 5.75 Å². The number of likely N-dealkylation sites (N-methyl/N-ethyl adjacent to an activating group) is 1. The van der Waals surface area contributed by atoms with Crippen LogP contribution in [0.15, 0.2) is 29.2 Å². The van der Waals surface area contributed by atoms with Gasteiger partial charge < -0.3 is 15.2 Å². The van der Waals surface area contributed by atoms with Crippen molar-refractivity contribution in [2.24, 2.45) is 5.73 Å². The maximum absolute atomic E-state index is 12.1. The Morgan fingerprint density at radius 3 is 2.37 bits per heavy atom. The van der Waals surface area contributed by atoms with Gasteiger partial charge in [0, 0.05) is 27.2 Å². The van der Waals surface area contributed by atoms with Crippen molar-refractivity contribution in [2.45, 2.75) is 4.90 Å². The van der Waals surface area contributed by atoms with Crippen molar-refractivity contribution in [1.82, 2.24) is 4.31 Å². The van der Waals surface area contributed by atoms with E-state index in [4.69, 9.17) is 15.2 Å². The lowest BCUT2D eigenvalue weighted by molar-refractivity contribution is 0.146. The first kappa shape index (κ1) is 15.9. The normalized spacial score (nSPS) is 11.8. The molecule has 0 amide bonds. The molecule has 0 aliphatic carbocycles. The Balaban J connectivity index is 2.75. The first-order valence-electron chi connectivity index (χ1n) is 5.90. The predicted molar refractivity (Wildman–Crippen MR) is 72.7 cm³/mol. The molecule has 1 aromatic rings. The fraction of sp³-hybridized carbons (Fsp3) is 0.500. The van der Waals surface area contributed by atoms with Crippen LogP contribution >= 0.6 is 0 Å². The SMILES string of the molecule is COCCOc1ccc(S(=O)(=O)N(C)CCN)cc1. The molecule has 6 nitrogen and oxygen atoms in total. The van der Waals surface area contributed by atoms with Gasteiger partial charge in [0.15, 0.2) is 0 Å². The minimum Gasteiger partial charge on any atom is -0.491 e. The third-order valence-corrected chi connectivity index (χ3v) is 4.40. The number of nitrogens with two attached hydrogens (primary N) is 1. The molecule has 0 spiro atoms. The van der Waals surface area contributed by atoms with Crippen LogP contribution < -0.4 is 10.5 Å². The van der Waals surface area contributed by atoms with Crippen molar-refractivity contribution in [3.05, 3.63) is 24.3 Å². The summed E-state index contributed by atoms with van der Waals surface area (Å²) in [5, 5.41) is 0. The second-order valence-electron chi connectivity index (χ2n) is 3.93. The van der Waals surface area contributed by atoms with Gasteiger partial charge in [-0.25, -0.2) is 8.42 Å². The largest absolute Gasteiger partial charge is 0.491 e. The number of hydrogen-bond acceptors (Lipinski definition) is 5. The van der Waals surface area contributed by atoms with Crippen molar-refractivity contribution in [3.63, 3.8) is 0 Å². The van der Waals surface area contributed by atoms with Gasteiger partial charge >= 0.3 is 0 Å². The molecule has 0 atom stereocenters. The van der Waals surface area contributed by atoms with Crippen molar-refractivity contribution in [3.8, 4) is 5.75 Å². The van der Waals surface area contributed by atoms with Crippen molar-refractivity contribution < 1.29 is 17.9 Å². The highest BCUT2D eigenvalue weighted by atomic mass is 32.2. The number of methoxy groups -OCH3 is 1. The molecule has 0 radical (unpaired) electrons. The van der Waals surface area contributed by atoms with E-state index in [2.05, 4.69) is 0 Å². The van der Waals surface area contributed by atoms with Crippen LogP contribution in [0.2, 0.25) is 0 Å². The zero-order chi connectivity index (χ0) is 14.3. The summed E-state index contributed by atoms with van der Waals surface area (Å²) >= 11 is 0. The van der Waals surface area contributed by atoms with Crippen molar-refractivity contribution in [1.29, 1.82) is 0 Å². The monoisotopic (exact) mass is 288 g/mol. The van der Waals surface area contributed by atoms with Gasteiger partial charge in [0.2, 0.25) is 10.0 Å². The number of hydrogen-bond donors (Lipinski definition) is 1. The summed E-state index contributed by atoms with van der Waals surface area (Å²) in [5.41, 5.74) is 5.36. The van der Waals surface area contributed by atoms with E-state index in [0.717, 1.165) is 0 Å². The Bertz CT molecular complexity index is 473. The molecule has 2 N–H and O–H groups in total. The number of ether oxygens (including phenoxy) is 2. The Hall–Kier alpha value is -1.15. The van der Waals surface area contributed by atoms with Gasteiger partial charge in [-0.05, 0) is 24.3 Å². The zero-order valence-electron chi connectivity index (χ0n) is 11.2. The average Bonchev–Trinajstić information content (AvgIpc) is 2.40. The summed E-state index contributed by atoms with van der Waals surface area (Å²) in [6, 6.07) is 6.28. The number of sulfonamides is 1. The lowest BCUT2D eigenvalue weighted by atomic mass is 10.3. The van der Waals surface area contributed by atoms with E-state index >= 15 is 0 Å². The summed E-state index contributed by atoms with van der Waals surface area (Å²) in [4.78, 5) is 0.225. The molecule has 108 valence electrons. The van der Waals surface area contributed by atoms with Gasteiger partial charge in [-0.3, -0.25) is 0 Å². The van der Waals surface area contributed by atoms with Crippen LogP contribution in [0, 0.1) is 0 Å². The molecule has 0 saturated carbocycles. The van der Waals surface area contributed by atoms with E-state index in [9.17, 15) is 8.42 Å². The summed E-state index contributed by atoms with van der Waals surface area (Å²) in [6.07, 6.45) is 0. The molecule has 1 rings (SSSR count). The van der Waals surface area contributed by atoms with E-state index in [-0.39, 0.29) is 18.0 Å². The van der Waals surface area contributed by atoms with Crippen LogP contribution in [0.4, 0.5) is 0 Å². The van der Waals surface area contributed by atoms with Gasteiger partial charge in [-0.1, -0.05) is 0 Å². The molecule has 0 fully saturated rings. The summed E-state index contributed by atoms with van der Waals surface area (Å²) in [7, 11) is -0.375. The Morgan fingerprint density at radius 1 is 1.21 bits per heavy atom. The average molecular weight is 288 g/mol. The second kappa shape index (κ2) is 7.44. The molecule has 0 heterocycles. The van der Waals surface area contributed by atoms with Gasteiger partial charge in [0.1, 0.15) is 12.4 Å². The first-order chi connectivity index (χ1) is 9.02. The molecule has 0 saturated heterocycles. The summed E-state index contributed by atoms with van der Waals surface area (Å²) in [6.45, 7) is 1.48. The molecule has 0 aliphatic rings. The lowest BCUT2D eigenvalue weighted by Gasteiger charge is -2.16. The number of nitrogens with zero attached hydrogens (tertiary/aromatic N) is 1. The van der Waals surface area contributed by atoms with Crippen molar-refractivity contribution in [2.75, 3.05) is 40.5 Å². The Kier molecular flexibility index (Phi) is 6.23. The van der Waals surface area contributed by atoms with Gasteiger partial charge in [-0.15, -0.1) is 0 Å². The maximum Gasteiger partial charge on any atom is 0.242 e. The summed E-state index contributed by atoms with van der Waals surface area (Å²) < 4.78 is 35.7. The highest BCUT2D eigenvalue weighted by molar-refractivity contribution is 7.89. The van der Waals surface area contributed by atoms with E-state index in [1.54, 1.807) is 19.2 Å². The third-order valence-electron chi connectivity index (χ3n) is 2.53. The van der Waals surface area contributed by atoms with E-state index in [1.807, 2.05) is 0 Å². The van der Waals surface area contributed by atoms with Crippen LogP contribution in [0.25, 0.3) is 0 Å². The molecule has 0 bridgehead atoms. The van der Waals surface area contributed by atoms with E-state index in [1.165, 1.54) is 23.5 Å². The van der Waals surface area contributed by atoms with Crippen molar-refractivity contribution >= 4 is 10.0 Å². The highest BCUT2D eigenvalue weighted by Crippen LogP contribution is 2.18. The molecule has 1 aromatic carbocycles. The fourth-order valence-corrected chi connectivity index (χ4v) is 2.62. The van der Waals surface area contributed by atoms with Crippen LogP contribution in [0.1, 0.15) is 0 Å². The molecule has 0 unspecified atom stereocenters. The minimum atomic E-state index is -3.47. The quantitative estimate of drug-likeness (QED) is 0.695. The van der Waals surface area contributed by atoms with Gasteiger partial charge in [-0.2, -0.15) is 4.31 Å². The van der Waals surface area contributed by atoms with Crippen LogP contribution in [-0.2, 0) is 14.8 Å². The highest BCUT2D eigenvalue weighted by Gasteiger charge is 2.19. The molecule has 0 aliphatic heterocycles. The van der Waals surface area contributed by atoms with E-state index < -0.39 is 10.0 Å². The third kappa shape index (κ3) is 4.46. The second-order valence-corrected chi connectivity index (χ2v) is 5.97. The number of rotatable bonds is 8. The molecule has 19 heavy (non-hydrogen) atoms. The molecular formula is C12H20N2O4S. The van der Waals surface area contributed by atoms with Crippen LogP contribution in [-0.4, -0.2) is 53.2 Å². The minimum absolute atomic E-state index is 0.225. The predicted octanol–water partition coefficient (Wildman–Crippen LogP) is 0.291. The molecule has 7 heteroatoms. The van der Waals surface area contributed by atoms with E-state index in [0.29, 0.717) is 19.0 Å². The smallest absolute Gasteiger partial charge is 0.242 e. The van der Waals surface area contributed by atoms with Gasteiger partial charge in [0.05, 0.1) is 11.5 Å².